The Balaban J connectivity index is 1.42. The molecule has 0 bridgehead atoms. The van der Waals surface area contributed by atoms with E-state index in [4.69, 9.17) is 21.1 Å². The molecule has 1 aromatic carbocycles. The van der Waals surface area contributed by atoms with E-state index in [1.165, 1.54) is 13.8 Å². The Kier molecular flexibility index (Phi) is 12.5. The average molecular weight is 870 g/mol. The Labute approximate surface area is 346 Å². The Bertz CT molecular complexity index is 2120. The van der Waals surface area contributed by atoms with E-state index in [-0.39, 0.29) is 48.4 Å². The largest absolute Gasteiger partial charge is 0.478 e. The van der Waals surface area contributed by atoms with Crippen molar-refractivity contribution >= 4 is 56.2 Å². The minimum Gasteiger partial charge on any atom is -0.478 e. The smallest absolute Gasteiger partial charge is 0.408 e. The van der Waals surface area contributed by atoms with Crippen molar-refractivity contribution in [3.05, 3.63) is 41.4 Å². The van der Waals surface area contributed by atoms with Crippen molar-refractivity contribution in [2.75, 3.05) is 13.2 Å². The van der Waals surface area contributed by atoms with Crippen LogP contribution in [0.25, 0.3) is 10.8 Å². The van der Waals surface area contributed by atoms with Gasteiger partial charge < -0.3 is 24.8 Å². The van der Waals surface area contributed by atoms with Crippen molar-refractivity contribution < 1.29 is 55.3 Å². The van der Waals surface area contributed by atoms with Gasteiger partial charge in [-0.05, 0) is 82.8 Å². The van der Waals surface area contributed by atoms with Crippen LogP contribution in [0.4, 0.5) is 18.0 Å². The van der Waals surface area contributed by atoms with E-state index in [9.17, 15) is 45.9 Å². The summed E-state index contributed by atoms with van der Waals surface area (Å²) >= 11 is 6.54. The molecule has 2 aromatic rings. The molecule has 0 spiro atoms. The molecule has 19 heteroatoms. The maximum Gasteiger partial charge on any atom is 0.408 e. The number of carbonyl (C=O) groups excluding carboxylic acids is 3. The molecular formula is C40H51ClF3N5O9S. The van der Waals surface area contributed by atoms with Gasteiger partial charge in [-0.3, -0.25) is 24.0 Å². The first-order chi connectivity index (χ1) is 27.6. The molecule has 59 heavy (non-hydrogen) atoms. The quantitative estimate of drug-likeness (QED) is 0.232. The summed E-state index contributed by atoms with van der Waals surface area (Å²) in [5.41, 5.74) is -1.73. The van der Waals surface area contributed by atoms with Gasteiger partial charge in [-0.15, -0.1) is 0 Å². The lowest BCUT2D eigenvalue weighted by Gasteiger charge is -2.40. The molecule has 0 unspecified atom stereocenters. The zero-order valence-corrected chi connectivity index (χ0v) is 35.1. The fourth-order valence-electron chi connectivity index (χ4n) is 8.17. The first-order valence-electron chi connectivity index (χ1n) is 19.9. The van der Waals surface area contributed by atoms with Gasteiger partial charge in [0.05, 0.1) is 17.9 Å². The molecule has 2 aliphatic carbocycles. The molecule has 2 aliphatic heterocycles. The number of aromatic nitrogens is 1. The number of sulfonamides is 1. The number of halogens is 4. The number of fused-ring (bicyclic) bond motifs is 3. The summed E-state index contributed by atoms with van der Waals surface area (Å²) in [5, 5.41) is 14.4. The third-order valence-electron chi connectivity index (χ3n) is 12.1. The highest BCUT2D eigenvalue weighted by Crippen LogP contribution is 2.48. The van der Waals surface area contributed by atoms with Gasteiger partial charge in [0.15, 0.2) is 0 Å². The number of benzene rings is 1. The van der Waals surface area contributed by atoms with Gasteiger partial charge in [0, 0.05) is 34.2 Å². The molecular weight excluding hydrogens is 819 g/mol. The zero-order chi connectivity index (χ0) is 43.2. The molecule has 0 radical (unpaired) electrons. The van der Waals surface area contributed by atoms with Crippen LogP contribution < -0.4 is 19.5 Å². The minimum absolute atomic E-state index is 0.0373. The normalized spacial score (nSPS) is 29.5. The number of rotatable bonds is 10. The van der Waals surface area contributed by atoms with Crippen LogP contribution in [0.3, 0.4) is 0 Å². The highest BCUT2D eigenvalue weighted by atomic mass is 35.5. The van der Waals surface area contributed by atoms with E-state index < -0.39 is 86.4 Å². The number of nitrogens with one attached hydrogen (secondary N) is 2. The fourth-order valence-corrected chi connectivity index (χ4v) is 9.71. The Morgan fingerprint density at radius 2 is 1.90 bits per heavy atom. The van der Waals surface area contributed by atoms with Crippen LogP contribution in [0, 0.1) is 17.8 Å². The number of carboxylic acid groups (broad SMARTS) is 1. The molecule has 2 saturated carbocycles. The molecule has 1 aromatic heterocycles. The first kappa shape index (κ1) is 44.2. The van der Waals surface area contributed by atoms with Crippen molar-refractivity contribution in [2.24, 2.45) is 17.8 Å². The number of nitrogens with zero attached hydrogens (tertiary/aromatic N) is 3. The Hall–Kier alpha value is -4.32. The number of amides is 4. The van der Waals surface area contributed by atoms with Gasteiger partial charge >= 0.3 is 12.3 Å². The summed E-state index contributed by atoms with van der Waals surface area (Å²) in [6.07, 6.45) is -2.25. The lowest BCUT2D eigenvalue weighted by molar-refractivity contribution is -0.184. The third-order valence-corrected chi connectivity index (χ3v) is 14.6. The number of hydrogen-bond acceptors (Lipinski definition) is 9. The van der Waals surface area contributed by atoms with Gasteiger partial charge in [-0.25, -0.2) is 13.2 Å². The van der Waals surface area contributed by atoms with Crippen LogP contribution in [0.5, 0.6) is 11.8 Å². The summed E-state index contributed by atoms with van der Waals surface area (Å²) in [6, 6.07) is 0.683. The van der Waals surface area contributed by atoms with E-state index in [0.29, 0.717) is 61.4 Å². The molecule has 6 rings (SSSR count). The monoisotopic (exact) mass is 869 g/mol. The number of carbonyl (C=O) groups is 4. The first-order valence-corrected chi connectivity index (χ1v) is 21.8. The molecule has 324 valence electrons. The average Bonchev–Trinajstić information content (AvgIpc) is 4.03. The van der Waals surface area contributed by atoms with Crippen molar-refractivity contribution in [3.63, 3.8) is 0 Å². The Morgan fingerprint density at radius 3 is 2.54 bits per heavy atom. The molecule has 3 fully saturated rings. The van der Waals surface area contributed by atoms with Crippen LogP contribution >= 0.6 is 11.6 Å². The molecule has 14 nitrogen and oxygen atoms in total. The molecule has 8 atom stereocenters. The SMILES string of the molecule is CCCOc1cc2c(Cl)cccc2c(O[C@@H]2C[C@H]3C(=O)N[C@]4(C(=O)NS(=O)(=O)C5(C)CC5)C[C@H]4/C=C\CC[C@H](C)C[C@@H](C)[C@H](N(C(=O)O)[C@H](C)C(F)(F)F)C(=O)N3C2)n1. The standard InChI is InChI=1S/C40H51ClF3N5O9S/c1-6-16-57-31-19-28-27(12-9-13-29(28)41)34(45-31)58-26-18-30-33(50)46-39(36(52)47-59(55,56)38(5)14-15-38)20-25(39)11-8-7-10-22(2)17-23(3)32(35(51)48(30)21-26)49(37(53)54)24(4)40(42,43)44/h8-9,11-13,19,22-26,30,32H,6-7,10,14-18,20-21H2,1-5H3,(H,46,50)(H,47,52)(H,53,54)/b11-8-/t22-,23+,24+,25+,26+,30-,32-,39+/m0/s1. The maximum absolute atomic E-state index is 14.9. The fraction of sp³-hybridized carbons (Fsp3) is 0.625. The van der Waals surface area contributed by atoms with Gasteiger partial charge in [0.1, 0.15) is 29.8 Å². The van der Waals surface area contributed by atoms with Gasteiger partial charge in [-0.1, -0.05) is 50.6 Å². The minimum atomic E-state index is -5.04. The van der Waals surface area contributed by atoms with Crippen LogP contribution in [-0.2, 0) is 24.4 Å². The predicted molar refractivity (Wildman–Crippen MR) is 211 cm³/mol. The van der Waals surface area contributed by atoms with Crippen LogP contribution in [-0.4, -0.2) is 106 Å². The highest BCUT2D eigenvalue weighted by Gasteiger charge is 2.63. The zero-order valence-electron chi connectivity index (χ0n) is 33.6. The lowest BCUT2D eigenvalue weighted by atomic mass is 9.86. The van der Waals surface area contributed by atoms with Crippen LogP contribution in [0.1, 0.15) is 86.0 Å². The van der Waals surface area contributed by atoms with E-state index in [1.807, 2.05) is 13.8 Å². The van der Waals surface area contributed by atoms with E-state index in [1.54, 1.807) is 36.4 Å². The van der Waals surface area contributed by atoms with Crippen LogP contribution in [0.15, 0.2) is 36.4 Å². The number of allylic oxidation sites excluding steroid dienone is 1. The molecule has 4 aliphatic rings. The highest BCUT2D eigenvalue weighted by molar-refractivity contribution is 7.91. The number of pyridine rings is 1. The topological polar surface area (TPSA) is 185 Å². The summed E-state index contributed by atoms with van der Waals surface area (Å²) < 4.78 is 82.7. The number of hydrogen-bond donors (Lipinski definition) is 3. The number of alkyl halides is 3. The van der Waals surface area contributed by atoms with Crippen LogP contribution in [0.2, 0.25) is 5.02 Å². The third kappa shape index (κ3) is 9.08. The maximum atomic E-state index is 14.9. The summed E-state index contributed by atoms with van der Waals surface area (Å²) in [6.45, 7) is 7.37. The molecule has 3 heterocycles. The lowest BCUT2D eigenvalue weighted by Crippen LogP contribution is -2.62. The van der Waals surface area contributed by atoms with Crippen molar-refractivity contribution in [1.82, 2.24) is 24.8 Å². The second kappa shape index (κ2) is 16.6. The van der Waals surface area contributed by atoms with Crippen molar-refractivity contribution in [2.45, 2.75) is 127 Å². The second-order valence-electron chi connectivity index (χ2n) is 16.8. The van der Waals surface area contributed by atoms with E-state index in [2.05, 4.69) is 15.0 Å². The molecule has 4 amide bonds. The molecule has 1 saturated heterocycles. The summed E-state index contributed by atoms with van der Waals surface area (Å²) in [4.78, 5) is 61.9. The van der Waals surface area contributed by atoms with Gasteiger partial charge in [-0.2, -0.15) is 18.2 Å². The Morgan fingerprint density at radius 1 is 1.19 bits per heavy atom. The van der Waals surface area contributed by atoms with E-state index in [0.717, 1.165) is 4.90 Å². The van der Waals surface area contributed by atoms with E-state index >= 15 is 0 Å². The van der Waals surface area contributed by atoms with Crippen molar-refractivity contribution in [1.29, 1.82) is 0 Å². The number of ether oxygens (including phenoxy) is 2. The van der Waals surface area contributed by atoms with Gasteiger partial charge in [0.25, 0.3) is 5.91 Å². The van der Waals surface area contributed by atoms with Crippen molar-refractivity contribution in [3.8, 4) is 11.8 Å². The predicted octanol–water partition coefficient (Wildman–Crippen LogP) is 6.21. The summed E-state index contributed by atoms with van der Waals surface area (Å²) in [5.74, 6) is -4.44. The van der Waals surface area contributed by atoms with Gasteiger partial charge in [0.2, 0.25) is 33.6 Å². The summed E-state index contributed by atoms with van der Waals surface area (Å²) in [7, 11) is -4.13. The second-order valence-corrected chi connectivity index (χ2v) is 19.4. The molecule has 3 N–H and O–H groups in total.